The average Bonchev–Trinajstić information content (AvgIpc) is 1.61. The Morgan fingerprint density at radius 3 is 1.30 bits per heavy atom. The molecule has 0 aliphatic heterocycles. The molecular formula is C4H8KNO4. The van der Waals surface area contributed by atoms with Crippen molar-refractivity contribution in [2.45, 2.75) is 0 Å². The molecule has 0 bridgehead atoms. The minimum absolute atomic E-state index is 0. The van der Waals surface area contributed by atoms with E-state index >= 15 is 0 Å². The number of rotatable bonds is 2. The van der Waals surface area contributed by atoms with Crippen LogP contribution in [-0.2, 0) is 9.59 Å². The third kappa shape index (κ3) is 15.7. The van der Waals surface area contributed by atoms with E-state index in [9.17, 15) is 9.59 Å². The summed E-state index contributed by atoms with van der Waals surface area (Å²) in [5.74, 6) is -2.51. The van der Waals surface area contributed by atoms with Gasteiger partial charge in [-0.05, 0) is 0 Å². The molecule has 0 rings (SSSR count). The Bertz CT molecular complexity index is 128. The van der Waals surface area contributed by atoms with Crippen LogP contribution < -0.4 is 6.15 Å². The molecule has 10 heavy (non-hydrogen) atoms. The summed E-state index contributed by atoms with van der Waals surface area (Å²) < 4.78 is 0. The van der Waals surface area contributed by atoms with E-state index in [4.69, 9.17) is 10.2 Å². The van der Waals surface area contributed by atoms with Gasteiger partial charge in [0.1, 0.15) is 0 Å². The maximum atomic E-state index is 9.55. The topological polar surface area (TPSA) is 110 Å². The molecule has 0 saturated carbocycles. The van der Waals surface area contributed by atoms with Gasteiger partial charge < -0.3 is 16.4 Å². The molecule has 0 aliphatic carbocycles. The molecule has 5 N–H and O–H groups in total. The normalized spacial score (nSPS) is 7.60. The van der Waals surface area contributed by atoms with Crippen LogP contribution in [0, 0.1) is 0 Å². The van der Waals surface area contributed by atoms with E-state index in [0.29, 0.717) is 12.2 Å². The van der Waals surface area contributed by atoms with Crippen LogP contribution in [0.3, 0.4) is 0 Å². The summed E-state index contributed by atoms with van der Waals surface area (Å²) in [6.45, 7) is 0. The Kier molecular flexibility index (Phi) is 15.5. The van der Waals surface area contributed by atoms with E-state index in [1.54, 1.807) is 0 Å². The van der Waals surface area contributed by atoms with Gasteiger partial charge in [0.2, 0.25) is 0 Å². The summed E-state index contributed by atoms with van der Waals surface area (Å²) in [5, 5.41) is 15.6. The number of carboxylic acids is 2. The van der Waals surface area contributed by atoms with Crippen LogP contribution in [0.2, 0.25) is 0 Å². The number of aliphatic carboxylic acids is 2. The molecule has 0 spiro atoms. The van der Waals surface area contributed by atoms with Gasteiger partial charge in [0, 0.05) is 12.2 Å². The van der Waals surface area contributed by atoms with E-state index < -0.39 is 11.9 Å². The van der Waals surface area contributed by atoms with Gasteiger partial charge in [-0.15, -0.1) is 0 Å². The fourth-order valence-corrected chi connectivity index (χ4v) is 0.143. The number of carboxylic acid groups (broad SMARTS) is 2. The van der Waals surface area contributed by atoms with E-state index in [0.717, 1.165) is 0 Å². The van der Waals surface area contributed by atoms with E-state index in [2.05, 4.69) is 0 Å². The summed E-state index contributed by atoms with van der Waals surface area (Å²) in [7, 11) is 0. The zero-order chi connectivity index (χ0) is 6.57. The van der Waals surface area contributed by atoms with E-state index in [1.165, 1.54) is 0 Å². The third-order valence-electron chi connectivity index (χ3n) is 0.368. The van der Waals surface area contributed by atoms with Crippen molar-refractivity contribution < 1.29 is 19.8 Å². The van der Waals surface area contributed by atoms with Gasteiger partial charge >= 0.3 is 63.3 Å². The summed E-state index contributed by atoms with van der Waals surface area (Å²) in [6.07, 6.45) is 1.12. The number of hydrogen-bond acceptors (Lipinski definition) is 3. The monoisotopic (exact) mass is 173 g/mol. The molecule has 0 atom stereocenters. The predicted molar refractivity (Wildman–Crippen MR) is 36.6 cm³/mol. The second kappa shape index (κ2) is 9.28. The standard InChI is InChI=1S/C4H4O4.K.H3N.H/c5-3(6)1-2-4(7)8;;;/h1-2H,(H,5,6)(H,7,8);;1H3;. The zero-order valence-corrected chi connectivity index (χ0v) is 4.57. The molecule has 0 amide bonds. The second-order valence-corrected chi connectivity index (χ2v) is 1.01. The minimum atomic E-state index is -1.26. The van der Waals surface area contributed by atoms with Crippen molar-refractivity contribution >= 4 is 63.3 Å². The SMILES string of the molecule is N.O=C(O)C=CC(=O)O.[KH]. The fraction of sp³-hybridized carbons (Fsp3) is 0. The molecule has 0 aromatic heterocycles. The molecule has 54 valence electrons. The summed E-state index contributed by atoms with van der Waals surface area (Å²) >= 11 is 0. The Hall–Kier alpha value is 0.276. The van der Waals surface area contributed by atoms with Gasteiger partial charge in [0.15, 0.2) is 0 Å². The molecule has 0 fully saturated rings. The van der Waals surface area contributed by atoms with Crippen LogP contribution >= 0.6 is 0 Å². The summed E-state index contributed by atoms with van der Waals surface area (Å²) in [5.41, 5.74) is 0. The van der Waals surface area contributed by atoms with Crippen molar-refractivity contribution in [3.8, 4) is 0 Å². The first kappa shape index (κ1) is 16.7. The quantitative estimate of drug-likeness (QED) is 0.375. The van der Waals surface area contributed by atoms with Crippen molar-refractivity contribution in [2.24, 2.45) is 0 Å². The van der Waals surface area contributed by atoms with Crippen molar-refractivity contribution in [3.05, 3.63) is 12.2 Å². The first-order valence-corrected chi connectivity index (χ1v) is 1.77. The summed E-state index contributed by atoms with van der Waals surface area (Å²) in [6, 6.07) is 0. The van der Waals surface area contributed by atoms with Gasteiger partial charge in [-0.3, -0.25) is 0 Å². The van der Waals surface area contributed by atoms with Crippen LogP contribution in [0.25, 0.3) is 0 Å². The van der Waals surface area contributed by atoms with Crippen LogP contribution in [0.1, 0.15) is 0 Å². The molecule has 6 heteroatoms. The molecule has 0 saturated heterocycles. The molecule has 0 aromatic carbocycles. The molecule has 0 heterocycles. The fourth-order valence-electron chi connectivity index (χ4n) is 0.143. The van der Waals surface area contributed by atoms with Crippen molar-refractivity contribution in [1.29, 1.82) is 0 Å². The van der Waals surface area contributed by atoms with E-state index in [1.807, 2.05) is 0 Å². The van der Waals surface area contributed by atoms with Gasteiger partial charge in [0.05, 0.1) is 0 Å². The van der Waals surface area contributed by atoms with E-state index in [-0.39, 0.29) is 57.5 Å². The average molecular weight is 173 g/mol. The van der Waals surface area contributed by atoms with Crippen LogP contribution in [0.4, 0.5) is 0 Å². The molecule has 0 aromatic rings. The Labute approximate surface area is 100 Å². The molecule has 0 unspecified atom stereocenters. The van der Waals surface area contributed by atoms with Crippen molar-refractivity contribution in [2.75, 3.05) is 0 Å². The van der Waals surface area contributed by atoms with Gasteiger partial charge in [-0.25, -0.2) is 9.59 Å². The van der Waals surface area contributed by atoms with Gasteiger partial charge in [-0.1, -0.05) is 0 Å². The Morgan fingerprint density at radius 1 is 1.00 bits per heavy atom. The molecule has 0 radical (unpaired) electrons. The van der Waals surface area contributed by atoms with Gasteiger partial charge in [0.25, 0.3) is 0 Å². The van der Waals surface area contributed by atoms with Crippen LogP contribution in [0.5, 0.6) is 0 Å². The maximum absolute atomic E-state index is 9.55. The first-order valence-electron chi connectivity index (χ1n) is 1.77. The molecule has 5 nitrogen and oxygen atoms in total. The predicted octanol–water partition coefficient (Wildman–Crippen LogP) is -0.775. The Morgan fingerprint density at radius 2 is 1.20 bits per heavy atom. The Balaban J connectivity index is -0.000000245. The van der Waals surface area contributed by atoms with Gasteiger partial charge in [-0.2, -0.15) is 0 Å². The number of hydrogen-bond donors (Lipinski definition) is 3. The number of carbonyl (C=O) groups is 2. The third-order valence-corrected chi connectivity index (χ3v) is 0.368. The van der Waals surface area contributed by atoms with Crippen molar-refractivity contribution in [3.63, 3.8) is 0 Å². The molecular weight excluding hydrogens is 165 g/mol. The second-order valence-electron chi connectivity index (χ2n) is 1.01. The van der Waals surface area contributed by atoms with Crippen LogP contribution in [0.15, 0.2) is 12.2 Å². The van der Waals surface area contributed by atoms with Crippen LogP contribution in [-0.4, -0.2) is 73.5 Å². The molecule has 0 aliphatic rings. The first-order chi connectivity index (χ1) is 3.63. The summed E-state index contributed by atoms with van der Waals surface area (Å²) in [4.78, 5) is 19.1. The zero-order valence-electron chi connectivity index (χ0n) is 4.57. The van der Waals surface area contributed by atoms with Crippen molar-refractivity contribution in [1.82, 2.24) is 6.15 Å².